The first-order valence-corrected chi connectivity index (χ1v) is 10.6. The number of hydrogen-bond donors (Lipinski definition) is 0. The van der Waals surface area contributed by atoms with E-state index in [0.29, 0.717) is 5.56 Å². The van der Waals surface area contributed by atoms with Gasteiger partial charge in [-0.05, 0) is 30.7 Å². The van der Waals surface area contributed by atoms with Crippen molar-refractivity contribution < 1.29 is 21.6 Å². The van der Waals surface area contributed by atoms with E-state index < -0.39 is 19.9 Å². The minimum Gasteiger partial charge on any atom is -0.337 e. The minimum atomic E-state index is -3.83. The first-order chi connectivity index (χ1) is 11.1. The Hall–Kier alpha value is -1.71. The Morgan fingerprint density at radius 2 is 1.71 bits per heavy atom. The molecular weight excluding hydrogens is 352 g/mol. The third-order valence-electron chi connectivity index (χ3n) is 3.93. The van der Waals surface area contributed by atoms with Gasteiger partial charge < -0.3 is 4.90 Å². The highest BCUT2D eigenvalue weighted by molar-refractivity contribution is 7.91. The molecule has 0 radical (unpaired) electrons. The quantitative estimate of drug-likeness (QED) is 0.714. The number of aryl methyl sites for hydroxylation is 1. The van der Waals surface area contributed by atoms with Gasteiger partial charge in [0, 0.05) is 32.4 Å². The molecular formula is C15H20N2O5S2. The van der Waals surface area contributed by atoms with E-state index in [1.165, 1.54) is 33.5 Å². The molecule has 1 saturated heterocycles. The molecule has 132 valence electrons. The molecule has 0 atom stereocenters. The van der Waals surface area contributed by atoms with Crippen molar-refractivity contribution in [2.45, 2.75) is 16.7 Å². The molecule has 0 bridgehead atoms. The van der Waals surface area contributed by atoms with Crippen LogP contribution in [-0.2, 0) is 24.7 Å². The Labute approximate surface area is 142 Å². The predicted molar refractivity (Wildman–Crippen MR) is 89.8 cm³/mol. The lowest BCUT2D eigenvalue weighted by Crippen LogP contribution is -2.50. The molecule has 0 unspecified atom stereocenters. The average molecular weight is 372 g/mol. The van der Waals surface area contributed by atoms with Crippen molar-refractivity contribution in [3.05, 3.63) is 36.4 Å². The molecule has 1 aromatic carbocycles. The number of rotatable bonds is 4. The van der Waals surface area contributed by atoms with Gasteiger partial charge in [0.05, 0.1) is 9.79 Å². The summed E-state index contributed by atoms with van der Waals surface area (Å²) < 4.78 is 50.3. The number of piperazine rings is 1. The summed E-state index contributed by atoms with van der Waals surface area (Å²) in [6, 6.07) is 4.08. The van der Waals surface area contributed by atoms with Crippen LogP contribution in [0.3, 0.4) is 0 Å². The van der Waals surface area contributed by atoms with Crippen molar-refractivity contribution in [3.8, 4) is 0 Å². The molecule has 1 aliphatic rings. The first kappa shape index (κ1) is 18.6. The van der Waals surface area contributed by atoms with Crippen molar-refractivity contribution in [3.63, 3.8) is 0 Å². The maximum Gasteiger partial charge on any atom is 0.246 e. The van der Waals surface area contributed by atoms with Crippen molar-refractivity contribution in [2.75, 3.05) is 32.4 Å². The molecule has 24 heavy (non-hydrogen) atoms. The van der Waals surface area contributed by atoms with Crippen LogP contribution in [0.1, 0.15) is 5.56 Å². The summed E-state index contributed by atoms with van der Waals surface area (Å²) >= 11 is 0. The van der Waals surface area contributed by atoms with E-state index in [1.54, 1.807) is 6.92 Å². The van der Waals surface area contributed by atoms with Crippen LogP contribution in [0, 0.1) is 6.92 Å². The molecule has 1 amide bonds. The summed E-state index contributed by atoms with van der Waals surface area (Å²) in [6.07, 6.45) is 2.23. The van der Waals surface area contributed by atoms with Gasteiger partial charge in [-0.25, -0.2) is 16.8 Å². The fraction of sp³-hybridized carbons (Fsp3) is 0.400. The van der Waals surface area contributed by atoms with E-state index >= 15 is 0 Å². The van der Waals surface area contributed by atoms with Gasteiger partial charge >= 0.3 is 0 Å². The normalized spacial score (nSPS) is 16.8. The summed E-state index contributed by atoms with van der Waals surface area (Å²) in [5.41, 5.74) is 0.479. The number of carbonyl (C=O) groups excluding carboxylic acids is 1. The summed E-state index contributed by atoms with van der Waals surface area (Å²) in [6.45, 7) is 5.90. The van der Waals surface area contributed by atoms with Gasteiger partial charge in [0.1, 0.15) is 0 Å². The molecule has 0 saturated carbocycles. The van der Waals surface area contributed by atoms with Gasteiger partial charge in [-0.15, -0.1) is 0 Å². The molecule has 0 spiro atoms. The Kier molecular flexibility index (Phi) is 5.17. The standard InChI is InChI=1S/C15H20N2O5S2/c1-4-15(18)16-7-9-17(10-8-16)24(21,22)14-11-13(23(3,19)20)6-5-12(14)2/h4-6,11H,1,7-10H2,2-3H3. The van der Waals surface area contributed by atoms with Crippen molar-refractivity contribution in [1.29, 1.82) is 0 Å². The molecule has 9 heteroatoms. The summed E-state index contributed by atoms with van der Waals surface area (Å²) in [5.74, 6) is -0.234. The molecule has 0 N–H and O–H groups in total. The van der Waals surface area contributed by atoms with Crippen molar-refractivity contribution in [1.82, 2.24) is 9.21 Å². The molecule has 1 heterocycles. The highest BCUT2D eigenvalue weighted by atomic mass is 32.2. The second kappa shape index (κ2) is 6.66. The first-order valence-electron chi connectivity index (χ1n) is 7.29. The third-order valence-corrected chi connectivity index (χ3v) is 7.08. The van der Waals surface area contributed by atoms with Crippen LogP contribution in [0.15, 0.2) is 40.6 Å². The van der Waals surface area contributed by atoms with E-state index in [2.05, 4.69) is 6.58 Å². The van der Waals surface area contributed by atoms with E-state index in [9.17, 15) is 21.6 Å². The van der Waals surface area contributed by atoms with Gasteiger partial charge in [0.2, 0.25) is 15.9 Å². The number of benzene rings is 1. The number of hydrogen-bond acceptors (Lipinski definition) is 5. The summed E-state index contributed by atoms with van der Waals surface area (Å²) in [7, 11) is -7.33. The average Bonchev–Trinajstić information content (AvgIpc) is 2.53. The Balaban J connectivity index is 2.32. The maximum absolute atomic E-state index is 12.8. The van der Waals surface area contributed by atoms with E-state index in [0.717, 1.165) is 6.26 Å². The fourth-order valence-corrected chi connectivity index (χ4v) is 4.90. The van der Waals surface area contributed by atoms with E-state index in [1.807, 2.05) is 0 Å². The number of carbonyl (C=O) groups is 1. The highest BCUT2D eigenvalue weighted by Gasteiger charge is 2.31. The monoisotopic (exact) mass is 372 g/mol. The molecule has 7 nitrogen and oxygen atoms in total. The second-order valence-corrected chi connectivity index (χ2v) is 9.56. The van der Waals surface area contributed by atoms with Crippen molar-refractivity contribution >= 4 is 25.8 Å². The SMILES string of the molecule is C=CC(=O)N1CCN(S(=O)(=O)c2cc(S(C)(=O)=O)ccc2C)CC1. The number of sulfonamides is 1. The molecule has 0 aromatic heterocycles. The number of nitrogens with zero attached hydrogens (tertiary/aromatic N) is 2. The zero-order chi connectivity index (χ0) is 18.1. The van der Waals surface area contributed by atoms with Gasteiger partial charge in [-0.2, -0.15) is 4.31 Å². The van der Waals surface area contributed by atoms with Crippen LogP contribution < -0.4 is 0 Å². The zero-order valence-electron chi connectivity index (χ0n) is 13.6. The Bertz CT molecular complexity index is 867. The van der Waals surface area contributed by atoms with E-state index in [4.69, 9.17) is 0 Å². The van der Waals surface area contributed by atoms with Crippen LogP contribution in [0.5, 0.6) is 0 Å². The lowest BCUT2D eigenvalue weighted by molar-refractivity contribution is -0.127. The van der Waals surface area contributed by atoms with E-state index in [-0.39, 0.29) is 41.9 Å². The Morgan fingerprint density at radius 3 is 2.21 bits per heavy atom. The van der Waals surface area contributed by atoms with Gasteiger partial charge in [0.15, 0.2) is 9.84 Å². The van der Waals surface area contributed by atoms with Crippen LogP contribution in [0.25, 0.3) is 0 Å². The van der Waals surface area contributed by atoms with Gasteiger partial charge in [-0.3, -0.25) is 4.79 Å². The predicted octanol–water partition coefficient (Wildman–Crippen LogP) is 0.417. The Morgan fingerprint density at radius 1 is 1.12 bits per heavy atom. The number of amides is 1. The highest BCUT2D eigenvalue weighted by Crippen LogP contribution is 2.24. The molecule has 2 rings (SSSR count). The second-order valence-electron chi connectivity index (χ2n) is 5.63. The third kappa shape index (κ3) is 3.68. The number of sulfone groups is 1. The maximum atomic E-state index is 12.8. The smallest absolute Gasteiger partial charge is 0.246 e. The van der Waals surface area contributed by atoms with Crippen LogP contribution in [0.4, 0.5) is 0 Å². The van der Waals surface area contributed by atoms with Crippen LogP contribution >= 0.6 is 0 Å². The summed E-state index contributed by atoms with van der Waals surface area (Å²) in [4.78, 5) is 13.0. The summed E-state index contributed by atoms with van der Waals surface area (Å²) in [5, 5.41) is 0. The minimum absolute atomic E-state index is 0.0195. The lowest BCUT2D eigenvalue weighted by atomic mass is 10.2. The van der Waals surface area contributed by atoms with Crippen LogP contribution in [0.2, 0.25) is 0 Å². The van der Waals surface area contributed by atoms with Crippen molar-refractivity contribution in [2.24, 2.45) is 0 Å². The lowest BCUT2D eigenvalue weighted by Gasteiger charge is -2.33. The van der Waals surface area contributed by atoms with Gasteiger partial charge in [-0.1, -0.05) is 12.6 Å². The van der Waals surface area contributed by atoms with Gasteiger partial charge in [0.25, 0.3) is 0 Å². The molecule has 1 aromatic rings. The fourth-order valence-electron chi connectivity index (χ4n) is 2.51. The molecule has 0 aliphatic carbocycles. The largest absolute Gasteiger partial charge is 0.337 e. The molecule has 1 fully saturated rings. The van der Waals surface area contributed by atoms with Crippen LogP contribution in [-0.4, -0.2) is 64.4 Å². The zero-order valence-corrected chi connectivity index (χ0v) is 15.2. The topological polar surface area (TPSA) is 91.8 Å². The molecule has 1 aliphatic heterocycles.